The van der Waals surface area contributed by atoms with Gasteiger partial charge in [0.05, 0.1) is 0 Å². The van der Waals surface area contributed by atoms with Crippen molar-refractivity contribution in [2.45, 2.75) is 6.10 Å². The van der Waals surface area contributed by atoms with Gasteiger partial charge in [0.15, 0.2) is 0 Å². The van der Waals surface area contributed by atoms with Crippen LogP contribution in [0.2, 0.25) is 0 Å². The van der Waals surface area contributed by atoms with E-state index in [2.05, 4.69) is 5.16 Å². The van der Waals surface area contributed by atoms with Crippen molar-refractivity contribution in [1.82, 2.24) is 0 Å². The van der Waals surface area contributed by atoms with Crippen LogP contribution in [0.5, 0.6) is 0 Å². The van der Waals surface area contributed by atoms with Gasteiger partial charge in [-0.3, -0.25) is 0 Å². The van der Waals surface area contributed by atoms with Crippen molar-refractivity contribution in [2.24, 2.45) is 5.16 Å². The predicted molar refractivity (Wildman–Crippen MR) is 66.2 cm³/mol. The maximum atomic E-state index is 10.1. The summed E-state index contributed by atoms with van der Waals surface area (Å²) in [5.74, 6) is 0. The van der Waals surface area contributed by atoms with Gasteiger partial charge in [0.2, 0.25) is 0 Å². The lowest BCUT2D eigenvalue weighted by Gasteiger charge is -2.12. The number of rotatable bonds is 3. The Morgan fingerprint density at radius 2 is 1.41 bits per heavy atom. The summed E-state index contributed by atoms with van der Waals surface area (Å²) in [5.41, 5.74) is 1.65. The Morgan fingerprint density at radius 3 is 1.94 bits per heavy atom. The van der Waals surface area contributed by atoms with Crippen LogP contribution in [-0.2, 0) is 0 Å². The first-order valence-corrected chi connectivity index (χ1v) is 5.33. The molecule has 2 rings (SSSR count). The van der Waals surface area contributed by atoms with E-state index < -0.39 is 6.10 Å². The molecule has 0 saturated carbocycles. The van der Waals surface area contributed by atoms with Crippen molar-refractivity contribution in [2.75, 3.05) is 0 Å². The van der Waals surface area contributed by atoms with Crippen LogP contribution in [0.25, 0.3) is 0 Å². The molecule has 0 aliphatic heterocycles. The van der Waals surface area contributed by atoms with Gasteiger partial charge in [0.1, 0.15) is 11.8 Å². The van der Waals surface area contributed by atoms with Gasteiger partial charge in [-0.2, -0.15) is 0 Å². The largest absolute Gasteiger partial charge is 0.411 e. The molecule has 0 amide bonds. The smallest absolute Gasteiger partial charge is 0.125 e. The highest BCUT2D eigenvalue weighted by Gasteiger charge is 2.17. The SMILES string of the molecule is O/N=C(\c1ccccc1)[C@H](O)c1ccccc1. The van der Waals surface area contributed by atoms with Crippen LogP contribution in [-0.4, -0.2) is 16.0 Å². The molecule has 3 heteroatoms. The standard InChI is InChI=1S/C14H13NO2/c16-14(12-9-5-2-6-10-12)13(15-17)11-7-3-1-4-8-11/h1-10,14,16-17H/b15-13+/t14-/m1/s1. The van der Waals surface area contributed by atoms with Gasteiger partial charge in [0, 0.05) is 5.56 Å². The van der Waals surface area contributed by atoms with E-state index in [4.69, 9.17) is 5.21 Å². The highest BCUT2D eigenvalue weighted by Crippen LogP contribution is 2.18. The van der Waals surface area contributed by atoms with E-state index in [0.29, 0.717) is 11.1 Å². The third-order valence-electron chi connectivity index (χ3n) is 2.55. The second kappa shape index (κ2) is 5.27. The van der Waals surface area contributed by atoms with E-state index in [1.165, 1.54) is 0 Å². The zero-order valence-electron chi connectivity index (χ0n) is 9.19. The molecule has 0 aliphatic carbocycles. The van der Waals surface area contributed by atoms with Crippen LogP contribution in [0.1, 0.15) is 17.2 Å². The van der Waals surface area contributed by atoms with Crippen molar-refractivity contribution in [3.63, 3.8) is 0 Å². The number of oxime groups is 1. The summed E-state index contributed by atoms with van der Waals surface area (Å²) in [7, 11) is 0. The summed E-state index contributed by atoms with van der Waals surface area (Å²) in [4.78, 5) is 0. The number of aliphatic hydroxyl groups excluding tert-OH is 1. The van der Waals surface area contributed by atoms with Crippen LogP contribution >= 0.6 is 0 Å². The highest BCUT2D eigenvalue weighted by atomic mass is 16.4. The maximum absolute atomic E-state index is 10.1. The molecule has 0 heterocycles. The van der Waals surface area contributed by atoms with Gasteiger partial charge in [-0.05, 0) is 5.56 Å². The van der Waals surface area contributed by atoms with Crippen molar-refractivity contribution in [3.8, 4) is 0 Å². The zero-order valence-corrected chi connectivity index (χ0v) is 9.19. The Labute approximate surface area is 99.7 Å². The lowest BCUT2D eigenvalue weighted by Crippen LogP contribution is -2.13. The van der Waals surface area contributed by atoms with Gasteiger partial charge in [0.25, 0.3) is 0 Å². The highest BCUT2D eigenvalue weighted by molar-refractivity contribution is 6.03. The molecule has 2 aromatic rings. The normalized spacial score (nSPS) is 13.4. The van der Waals surface area contributed by atoms with Crippen LogP contribution < -0.4 is 0 Å². The molecule has 0 spiro atoms. The van der Waals surface area contributed by atoms with Crippen molar-refractivity contribution in [1.29, 1.82) is 0 Å². The Hall–Kier alpha value is -2.13. The van der Waals surface area contributed by atoms with Gasteiger partial charge in [-0.1, -0.05) is 65.8 Å². The number of benzene rings is 2. The number of hydrogen-bond acceptors (Lipinski definition) is 3. The third-order valence-corrected chi connectivity index (χ3v) is 2.55. The lowest BCUT2D eigenvalue weighted by atomic mass is 9.99. The number of hydrogen-bond donors (Lipinski definition) is 2. The molecule has 86 valence electrons. The molecule has 17 heavy (non-hydrogen) atoms. The first-order chi connectivity index (χ1) is 8.33. The quantitative estimate of drug-likeness (QED) is 0.481. The Bertz CT molecular complexity index is 494. The second-order valence-electron chi connectivity index (χ2n) is 3.66. The van der Waals surface area contributed by atoms with Crippen LogP contribution in [0.3, 0.4) is 0 Å². The van der Waals surface area contributed by atoms with E-state index in [-0.39, 0.29) is 5.71 Å². The van der Waals surface area contributed by atoms with Gasteiger partial charge in [-0.25, -0.2) is 0 Å². The fourth-order valence-corrected chi connectivity index (χ4v) is 1.67. The molecule has 0 aromatic heterocycles. The molecule has 3 nitrogen and oxygen atoms in total. The van der Waals surface area contributed by atoms with Gasteiger partial charge < -0.3 is 10.3 Å². The maximum Gasteiger partial charge on any atom is 0.125 e. The lowest BCUT2D eigenvalue weighted by molar-refractivity contribution is 0.235. The van der Waals surface area contributed by atoms with Crippen LogP contribution in [0.4, 0.5) is 0 Å². The van der Waals surface area contributed by atoms with Gasteiger partial charge >= 0.3 is 0 Å². The summed E-state index contributed by atoms with van der Waals surface area (Å²) in [6.45, 7) is 0. The minimum absolute atomic E-state index is 0.247. The summed E-state index contributed by atoms with van der Waals surface area (Å²) in [5, 5.41) is 22.4. The molecular weight excluding hydrogens is 214 g/mol. The minimum Gasteiger partial charge on any atom is -0.411 e. The van der Waals surface area contributed by atoms with Crippen molar-refractivity contribution in [3.05, 3.63) is 71.8 Å². The summed E-state index contributed by atoms with van der Waals surface area (Å²) in [6.07, 6.45) is -0.927. The number of nitrogens with zero attached hydrogens (tertiary/aromatic N) is 1. The second-order valence-corrected chi connectivity index (χ2v) is 3.66. The van der Waals surface area contributed by atoms with E-state index in [1.807, 2.05) is 36.4 Å². The van der Waals surface area contributed by atoms with Crippen molar-refractivity contribution < 1.29 is 10.3 Å². The fourth-order valence-electron chi connectivity index (χ4n) is 1.67. The molecule has 0 bridgehead atoms. The van der Waals surface area contributed by atoms with E-state index in [0.717, 1.165) is 0 Å². The Morgan fingerprint density at radius 1 is 0.882 bits per heavy atom. The minimum atomic E-state index is -0.927. The first kappa shape index (κ1) is 11.4. The molecule has 1 atom stereocenters. The summed E-state index contributed by atoms with van der Waals surface area (Å²) >= 11 is 0. The average Bonchev–Trinajstić information content (AvgIpc) is 2.42. The Kier molecular flexibility index (Phi) is 3.52. The zero-order chi connectivity index (χ0) is 12.1. The topological polar surface area (TPSA) is 52.8 Å². The van der Waals surface area contributed by atoms with E-state index in [9.17, 15) is 5.11 Å². The third kappa shape index (κ3) is 2.52. The van der Waals surface area contributed by atoms with Gasteiger partial charge in [-0.15, -0.1) is 0 Å². The molecule has 0 unspecified atom stereocenters. The summed E-state index contributed by atoms with van der Waals surface area (Å²) in [6, 6.07) is 18.2. The fraction of sp³-hybridized carbons (Fsp3) is 0.0714. The molecule has 0 saturated heterocycles. The van der Waals surface area contributed by atoms with Crippen LogP contribution in [0.15, 0.2) is 65.8 Å². The van der Waals surface area contributed by atoms with E-state index in [1.54, 1.807) is 24.3 Å². The molecular formula is C14H13NO2. The number of aliphatic hydroxyl groups is 1. The Balaban J connectivity index is 2.33. The monoisotopic (exact) mass is 227 g/mol. The molecule has 0 fully saturated rings. The molecule has 0 aliphatic rings. The first-order valence-electron chi connectivity index (χ1n) is 5.33. The molecule has 0 radical (unpaired) electrons. The van der Waals surface area contributed by atoms with Crippen LogP contribution in [0, 0.1) is 0 Å². The van der Waals surface area contributed by atoms with Crippen molar-refractivity contribution >= 4 is 5.71 Å². The average molecular weight is 227 g/mol. The summed E-state index contributed by atoms with van der Waals surface area (Å²) < 4.78 is 0. The predicted octanol–water partition coefficient (Wildman–Crippen LogP) is 2.60. The van der Waals surface area contributed by atoms with E-state index >= 15 is 0 Å². The molecule has 2 N–H and O–H groups in total. The molecule has 2 aromatic carbocycles.